The Morgan fingerprint density at radius 2 is 2.00 bits per heavy atom. The number of ether oxygens (including phenoxy) is 2. The first-order valence-electron chi connectivity index (χ1n) is 5.94. The Kier molecular flexibility index (Phi) is 3.02. The quantitative estimate of drug-likeness (QED) is 0.894. The third kappa shape index (κ3) is 2.49. The number of aromatic nitrogens is 1. The van der Waals surface area contributed by atoms with Gasteiger partial charge in [0, 0.05) is 11.8 Å². The molecule has 3 rings (SSSR count). The number of hydrogen-bond acceptors (Lipinski definition) is 4. The second kappa shape index (κ2) is 4.97. The minimum Gasteiger partial charge on any atom is -0.486 e. The van der Waals surface area contributed by atoms with Crippen LogP contribution < -0.4 is 14.8 Å². The van der Waals surface area contributed by atoms with E-state index in [1.54, 1.807) is 42.7 Å². The molecule has 1 aliphatic rings. The molecule has 0 spiro atoms. The maximum atomic E-state index is 12.1. The Balaban J connectivity index is 1.80. The van der Waals surface area contributed by atoms with Gasteiger partial charge in [-0.05, 0) is 30.3 Å². The van der Waals surface area contributed by atoms with Crippen molar-refractivity contribution in [2.24, 2.45) is 0 Å². The molecule has 1 aromatic carbocycles. The molecular formula is C14H12N2O3. The Bertz CT molecular complexity index is 599. The number of fused-ring (bicyclic) bond motifs is 1. The van der Waals surface area contributed by atoms with Crippen LogP contribution in [0.1, 0.15) is 10.4 Å². The number of nitrogens with one attached hydrogen (secondary N) is 1. The number of amides is 1. The van der Waals surface area contributed by atoms with E-state index in [2.05, 4.69) is 10.3 Å². The van der Waals surface area contributed by atoms with Crippen molar-refractivity contribution in [3.63, 3.8) is 0 Å². The summed E-state index contributed by atoms with van der Waals surface area (Å²) in [5, 5.41) is 2.77. The average Bonchev–Trinajstić information content (AvgIpc) is 2.48. The van der Waals surface area contributed by atoms with E-state index in [4.69, 9.17) is 9.47 Å². The molecule has 1 aliphatic heterocycles. The molecule has 1 aromatic heterocycles. The lowest BCUT2D eigenvalue weighted by atomic mass is 10.2. The van der Waals surface area contributed by atoms with Crippen LogP contribution >= 0.6 is 0 Å². The second-order valence-electron chi connectivity index (χ2n) is 4.05. The van der Waals surface area contributed by atoms with Crippen molar-refractivity contribution in [3.05, 3.63) is 48.3 Å². The van der Waals surface area contributed by atoms with Gasteiger partial charge in [0.2, 0.25) is 0 Å². The lowest BCUT2D eigenvalue weighted by Gasteiger charge is -2.18. The van der Waals surface area contributed by atoms with E-state index in [0.717, 1.165) is 0 Å². The highest BCUT2D eigenvalue weighted by molar-refractivity contribution is 6.04. The zero-order valence-corrected chi connectivity index (χ0v) is 10.1. The van der Waals surface area contributed by atoms with Gasteiger partial charge in [-0.15, -0.1) is 0 Å². The fraction of sp³-hybridized carbons (Fsp3) is 0.143. The summed E-state index contributed by atoms with van der Waals surface area (Å²) < 4.78 is 10.9. The molecule has 0 unspecified atom stereocenters. The number of pyridine rings is 1. The molecule has 5 heteroatoms. The summed E-state index contributed by atoms with van der Waals surface area (Å²) in [6.45, 7) is 1.04. The first-order chi connectivity index (χ1) is 9.33. The van der Waals surface area contributed by atoms with Gasteiger partial charge in [0.25, 0.3) is 5.91 Å². The SMILES string of the molecule is O=C(Nc1cccnc1)c1ccc2c(c1)OCCO2. The molecule has 0 bridgehead atoms. The predicted octanol–water partition coefficient (Wildman–Crippen LogP) is 2.11. The van der Waals surface area contributed by atoms with Crippen LogP contribution in [0.5, 0.6) is 11.5 Å². The Hall–Kier alpha value is -2.56. The first kappa shape index (κ1) is 11.5. The number of carbonyl (C=O) groups excluding carboxylic acids is 1. The molecule has 2 heterocycles. The zero-order chi connectivity index (χ0) is 13.1. The average molecular weight is 256 g/mol. The summed E-state index contributed by atoms with van der Waals surface area (Å²) in [4.78, 5) is 16.0. The molecule has 19 heavy (non-hydrogen) atoms. The van der Waals surface area contributed by atoms with Crippen LogP contribution in [0.4, 0.5) is 5.69 Å². The Labute approximate surface area is 110 Å². The molecule has 0 radical (unpaired) electrons. The van der Waals surface area contributed by atoms with E-state index in [1.807, 2.05) is 0 Å². The molecule has 0 saturated heterocycles. The highest BCUT2D eigenvalue weighted by Crippen LogP contribution is 2.30. The Morgan fingerprint density at radius 3 is 2.79 bits per heavy atom. The van der Waals surface area contributed by atoms with E-state index >= 15 is 0 Å². The molecule has 0 aliphatic carbocycles. The third-order valence-corrected chi connectivity index (χ3v) is 2.72. The zero-order valence-electron chi connectivity index (χ0n) is 10.1. The molecule has 0 atom stereocenters. The van der Waals surface area contributed by atoms with E-state index < -0.39 is 0 Å². The van der Waals surface area contributed by atoms with Gasteiger partial charge in [0.15, 0.2) is 11.5 Å². The van der Waals surface area contributed by atoms with Crippen LogP contribution in [0.2, 0.25) is 0 Å². The first-order valence-corrected chi connectivity index (χ1v) is 5.94. The summed E-state index contributed by atoms with van der Waals surface area (Å²) in [6.07, 6.45) is 3.25. The van der Waals surface area contributed by atoms with Crippen LogP contribution in [-0.4, -0.2) is 24.1 Å². The molecule has 0 saturated carbocycles. The number of rotatable bonds is 2. The summed E-state index contributed by atoms with van der Waals surface area (Å²) >= 11 is 0. The molecule has 2 aromatic rings. The summed E-state index contributed by atoms with van der Waals surface area (Å²) in [6, 6.07) is 8.68. The molecule has 5 nitrogen and oxygen atoms in total. The van der Waals surface area contributed by atoms with Gasteiger partial charge < -0.3 is 14.8 Å². The number of hydrogen-bond donors (Lipinski definition) is 1. The fourth-order valence-electron chi connectivity index (χ4n) is 1.82. The predicted molar refractivity (Wildman–Crippen MR) is 69.6 cm³/mol. The highest BCUT2D eigenvalue weighted by atomic mass is 16.6. The van der Waals surface area contributed by atoms with Crippen LogP contribution in [0.15, 0.2) is 42.7 Å². The molecule has 1 N–H and O–H groups in total. The van der Waals surface area contributed by atoms with E-state index in [-0.39, 0.29) is 5.91 Å². The van der Waals surface area contributed by atoms with Crippen molar-refractivity contribution in [2.75, 3.05) is 18.5 Å². The minimum absolute atomic E-state index is 0.204. The minimum atomic E-state index is -0.204. The lowest BCUT2D eigenvalue weighted by Crippen LogP contribution is -2.17. The number of anilines is 1. The van der Waals surface area contributed by atoms with E-state index in [9.17, 15) is 4.79 Å². The van der Waals surface area contributed by atoms with Gasteiger partial charge in [-0.3, -0.25) is 9.78 Å². The van der Waals surface area contributed by atoms with Gasteiger partial charge in [0.05, 0.1) is 11.9 Å². The van der Waals surface area contributed by atoms with Crippen molar-refractivity contribution >= 4 is 11.6 Å². The van der Waals surface area contributed by atoms with E-state index in [1.165, 1.54) is 0 Å². The van der Waals surface area contributed by atoms with Crippen molar-refractivity contribution in [1.29, 1.82) is 0 Å². The maximum Gasteiger partial charge on any atom is 0.255 e. The Morgan fingerprint density at radius 1 is 1.16 bits per heavy atom. The van der Waals surface area contributed by atoms with Gasteiger partial charge >= 0.3 is 0 Å². The van der Waals surface area contributed by atoms with Crippen LogP contribution in [0.25, 0.3) is 0 Å². The standard InChI is InChI=1S/C14H12N2O3/c17-14(16-11-2-1-5-15-9-11)10-3-4-12-13(8-10)19-7-6-18-12/h1-5,8-9H,6-7H2,(H,16,17). The normalized spacial score (nSPS) is 12.8. The van der Waals surface area contributed by atoms with Gasteiger partial charge in [-0.25, -0.2) is 0 Å². The van der Waals surface area contributed by atoms with Gasteiger partial charge in [-0.2, -0.15) is 0 Å². The smallest absolute Gasteiger partial charge is 0.255 e. The summed E-state index contributed by atoms with van der Waals surface area (Å²) in [5.41, 5.74) is 1.18. The van der Waals surface area contributed by atoms with Crippen molar-refractivity contribution in [3.8, 4) is 11.5 Å². The van der Waals surface area contributed by atoms with Crippen molar-refractivity contribution < 1.29 is 14.3 Å². The third-order valence-electron chi connectivity index (χ3n) is 2.72. The van der Waals surface area contributed by atoms with Gasteiger partial charge in [-0.1, -0.05) is 0 Å². The van der Waals surface area contributed by atoms with Crippen molar-refractivity contribution in [1.82, 2.24) is 4.98 Å². The van der Waals surface area contributed by atoms with Crippen molar-refractivity contribution in [2.45, 2.75) is 0 Å². The number of carbonyl (C=O) groups is 1. The number of nitrogens with zero attached hydrogens (tertiary/aromatic N) is 1. The highest BCUT2D eigenvalue weighted by Gasteiger charge is 2.14. The second-order valence-corrected chi connectivity index (χ2v) is 4.05. The monoisotopic (exact) mass is 256 g/mol. The molecular weight excluding hydrogens is 244 g/mol. The van der Waals surface area contributed by atoms with Crippen LogP contribution in [0, 0.1) is 0 Å². The van der Waals surface area contributed by atoms with Gasteiger partial charge in [0.1, 0.15) is 13.2 Å². The van der Waals surface area contributed by atoms with Crippen LogP contribution in [0.3, 0.4) is 0 Å². The summed E-state index contributed by atoms with van der Waals surface area (Å²) in [7, 11) is 0. The number of benzene rings is 1. The molecule has 1 amide bonds. The topological polar surface area (TPSA) is 60.5 Å². The summed E-state index contributed by atoms with van der Waals surface area (Å²) in [5.74, 6) is 1.07. The molecule has 96 valence electrons. The fourth-order valence-corrected chi connectivity index (χ4v) is 1.82. The largest absolute Gasteiger partial charge is 0.486 e. The molecule has 0 fully saturated rings. The van der Waals surface area contributed by atoms with Crippen LogP contribution in [-0.2, 0) is 0 Å². The lowest BCUT2D eigenvalue weighted by molar-refractivity contribution is 0.102. The van der Waals surface area contributed by atoms with E-state index in [0.29, 0.717) is 36.0 Å². The maximum absolute atomic E-state index is 12.1.